The first-order chi connectivity index (χ1) is 7.71. The molecule has 0 saturated carbocycles. The Morgan fingerprint density at radius 2 is 2.00 bits per heavy atom. The number of pyridine rings is 1. The van der Waals surface area contributed by atoms with Crippen LogP contribution in [0.1, 0.15) is 32.3 Å². The van der Waals surface area contributed by atoms with Crippen LogP contribution in [0.15, 0.2) is 22.9 Å². The monoisotopic (exact) mass is 284 g/mol. The molecule has 16 heavy (non-hydrogen) atoms. The summed E-state index contributed by atoms with van der Waals surface area (Å²) in [5.74, 6) is 0.740. The molecule has 3 heteroatoms. The summed E-state index contributed by atoms with van der Waals surface area (Å²) < 4.78 is 1.06. The van der Waals surface area contributed by atoms with E-state index in [1.54, 1.807) is 0 Å². The lowest BCUT2D eigenvalue weighted by atomic mass is 9.90. The highest BCUT2D eigenvalue weighted by Gasteiger charge is 2.16. The molecular formula is C13H21BrN2. The number of aromatic nitrogens is 1. The first-order valence-corrected chi connectivity index (χ1v) is 6.77. The lowest BCUT2D eigenvalue weighted by Crippen LogP contribution is -2.35. The normalized spacial score (nSPS) is 13.1. The molecule has 0 radical (unpaired) electrons. The summed E-state index contributed by atoms with van der Waals surface area (Å²) in [6, 6.07) is 2.70. The molecule has 0 aromatic carbocycles. The highest BCUT2D eigenvalue weighted by atomic mass is 79.9. The Labute approximate surface area is 107 Å². The van der Waals surface area contributed by atoms with Crippen molar-refractivity contribution in [2.45, 2.75) is 39.2 Å². The van der Waals surface area contributed by atoms with Gasteiger partial charge in [-0.15, -0.1) is 0 Å². The zero-order valence-electron chi connectivity index (χ0n) is 10.3. The largest absolute Gasteiger partial charge is 0.316 e. The van der Waals surface area contributed by atoms with Crippen molar-refractivity contribution in [1.29, 1.82) is 0 Å². The van der Waals surface area contributed by atoms with Crippen LogP contribution in [0.5, 0.6) is 0 Å². The molecule has 0 aliphatic rings. The first kappa shape index (κ1) is 13.7. The van der Waals surface area contributed by atoms with Gasteiger partial charge in [0, 0.05) is 22.9 Å². The van der Waals surface area contributed by atoms with Crippen LogP contribution in [0.25, 0.3) is 0 Å². The second-order valence-corrected chi connectivity index (χ2v) is 5.10. The van der Waals surface area contributed by atoms with E-state index in [0.29, 0.717) is 6.04 Å². The van der Waals surface area contributed by atoms with Gasteiger partial charge in [0.2, 0.25) is 0 Å². The van der Waals surface area contributed by atoms with Crippen molar-refractivity contribution in [1.82, 2.24) is 10.3 Å². The molecule has 0 aliphatic carbocycles. The molecule has 1 heterocycles. The van der Waals surface area contributed by atoms with Crippen LogP contribution in [0.2, 0.25) is 0 Å². The number of halogens is 1. The Kier molecular flexibility index (Phi) is 5.99. The molecule has 90 valence electrons. The van der Waals surface area contributed by atoms with Gasteiger partial charge in [-0.05, 0) is 46.9 Å². The number of rotatable bonds is 6. The Hall–Kier alpha value is -0.410. The van der Waals surface area contributed by atoms with E-state index in [9.17, 15) is 0 Å². The number of likely N-dealkylation sites (N-methyl/N-ethyl adjacent to an activating group) is 1. The van der Waals surface area contributed by atoms with E-state index in [2.05, 4.69) is 46.1 Å². The maximum atomic E-state index is 4.21. The van der Waals surface area contributed by atoms with Gasteiger partial charge >= 0.3 is 0 Å². The number of hydrogen-bond donors (Lipinski definition) is 1. The van der Waals surface area contributed by atoms with Crippen LogP contribution in [0, 0.1) is 5.92 Å². The van der Waals surface area contributed by atoms with Gasteiger partial charge in [-0.2, -0.15) is 0 Å². The topological polar surface area (TPSA) is 24.9 Å². The summed E-state index contributed by atoms with van der Waals surface area (Å²) in [4.78, 5) is 4.21. The molecular weight excluding hydrogens is 264 g/mol. The first-order valence-electron chi connectivity index (χ1n) is 5.97. The summed E-state index contributed by atoms with van der Waals surface area (Å²) in [6.45, 7) is 4.52. The molecule has 1 N–H and O–H groups in total. The fraction of sp³-hybridized carbons (Fsp3) is 0.615. The van der Waals surface area contributed by atoms with Crippen molar-refractivity contribution in [3.63, 3.8) is 0 Å². The Morgan fingerprint density at radius 1 is 1.31 bits per heavy atom. The van der Waals surface area contributed by atoms with E-state index in [1.807, 2.05) is 19.4 Å². The van der Waals surface area contributed by atoms with Crippen molar-refractivity contribution in [2.24, 2.45) is 5.92 Å². The summed E-state index contributed by atoms with van der Waals surface area (Å²) >= 11 is 3.46. The van der Waals surface area contributed by atoms with E-state index >= 15 is 0 Å². The molecule has 2 nitrogen and oxygen atoms in total. The minimum atomic E-state index is 0.547. The Bertz CT molecular complexity index is 311. The second kappa shape index (κ2) is 7.02. The van der Waals surface area contributed by atoms with Crippen LogP contribution >= 0.6 is 15.9 Å². The molecule has 1 aromatic heterocycles. The molecule has 0 saturated heterocycles. The average Bonchev–Trinajstić information content (AvgIpc) is 2.29. The van der Waals surface area contributed by atoms with Crippen molar-refractivity contribution in [3.8, 4) is 0 Å². The molecule has 1 atom stereocenters. The molecule has 1 aromatic rings. The highest BCUT2D eigenvalue weighted by molar-refractivity contribution is 9.10. The van der Waals surface area contributed by atoms with Crippen molar-refractivity contribution in [3.05, 3.63) is 28.5 Å². The van der Waals surface area contributed by atoms with Gasteiger partial charge in [0.1, 0.15) is 0 Å². The van der Waals surface area contributed by atoms with E-state index in [1.165, 1.54) is 18.4 Å². The van der Waals surface area contributed by atoms with Gasteiger partial charge < -0.3 is 5.32 Å². The minimum Gasteiger partial charge on any atom is -0.316 e. The van der Waals surface area contributed by atoms with Crippen LogP contribution in [0.3, 0.4) is 0 Å². The molecule has 0 aliphatic heterocycles. The minimum absolute atomic E-state index is 0.547. The zero-order chi connectivity index (χ0) is 12.0. The van der Waals surface area contributed by atoms with E-state index < -0.39 is 0 Å². The van der Waals surface area contributed by atoms with Gasteiger partial charge in [0.25, 0.3) is 0 Å². The molecule has 1 rings (SSSR count). The summed E-state index contributed by atoms with van der Waals surface area (Å²) in [5, 5.41) is 3.43. The SMILES string of the molecule is CCC(CC)C(Cc1cncc(Br)c1)NC. The number of nitrogens with zero attached hydrogens (tertiary/aromatic N) is 1. The van der Waals surface area contributed by atoms with Crippen LogP contribution in [-0.2, 0) is 6.42 Å². The molecule has 0 spiro atoms. The van der Waals surface area contributed by atoms with E-state index in [0.717, 1.165) is 16.8 Å². The Balaban J connectivity index is 2.69. The maximum absolute atomic E-state index is 4.21. The second-order valence-electron chi connectivity index (χ2n) is 4.19. The lowest BCUT2D eigenvalue weighted by Gasteiger charge is -2.24. The van der Waals surface area contributed by atoms with Crippen molar-refractivity contribution < 1.29 is 0 Å². The predicted molar refractivity (Wildman–Crippen MR) is 72.6 cm³/mol. The van der Waals surface area contributed by atoms with Crippen LogP contribution in [-0.4, -0.2) is 18.1 Å². The lowest BCUT2D eigenvalue weighted by molar-refractivity contribution is 0.349. The third-order valence-corrected chi connectivity index (χ3v) is 3.64. The van der Waals surface area contributed by atoms with Crippen LogP contribution < -0.4 is 5.32 Å². The fourth-order valence-electron chi connectivity index (χ4n) is 2.18. The fourth-order valence-corrected chi connectivity index (χ4v) is 2.60. The van der Waals surface area contributed by atoms with Crippen molar-refractivity contribution >= 4 is 15.9 Å². The third-order valence-electron chi connectivity index (χ3n) is 3.21. The summed E-state index contributed by atoms with van der Waals surface area (Å²) in [7, 11) is 2.05. The van der Waals surface area contributed by atoms with Gasteiger partial charge in [-0.3, -0.25) is 4.98 Å². The van der Waals surface area contributed by atoms with Gasteiger partial charge in [0.05, 0.1) is 0 Å². The average molecular weight is 285 g/mol. The standard InChI is InChI=1S/C13H21BrN2/c1-4-11(5-2)13(15-3)7-10-6-12(14)9-16-8-10/h6,8-9,11,13,15H,4-5,7H2,1-3H3. The van der Waals surface area contributed by atoms with E-state index in [4.69, 9.17) is 0 Å². The quantitative estimate of drug-likeness (QED) is 0.866. The molecule has 0 amide bonds. The molecule has 0 fully saturated rings. The zero-order valence-corrected chi connectivity index (χ0v) is 11.9. The molecule has 1 unspecified atom stereocenters. The Morgan fingerprint density at radius 3 is 2.50 bits per heavy atom. The maximum Gasteiger partial charge on any atom is 0.0410 e. The summed E-state index contributed by atoms with van der Waals surface area (Å²) in [6.07, 6.45) is 7.29. The van der Waals surface area contributed by atoms with Crippen LogP contribution in [0.4, 0.5) is 0 Å². The third kappa shape index (κ3) is 3.87. The predicted octanol–water partition coefficient (Wildman–Crippen LogP) is 3.41. The van der Waals surface area contributed by atoms with E-state index in [-0.39, 0.29) is 0 Å². The van der Waals surface area contributed by atoms with Gasteiger partial charge in [-0.1, -0.05) is 26.7 Å². The number of nitrogens with one attached hydrogen (secondary N) is 1. The highest BCUT2D eigenvalue weighted by Crippen LogP contribution is 2.18. The van der Waals surface area contributed by atoms with Gasteiger partial charge in [-0.25, -0.2) is 0 Å². The van der Waals surface area contributed by atoms with Gasteiger partial charge in [0.15, 0.2) is 0 Å². The smallest absolute Gasteiger partial charge is 0.0410 e. The molecule has 0 bridgehead atoms. The number of hydrogen-bond acceptors (Lipinski definition) is 2. The summed E-state index contributed by atoms with van der Waals surface area (Å²) in [5.41, 5.74) is 1.29. The van der Waals surface area contributed by atoms with Crippen molar-refractivity contribution in [2.75, 3.05) is 7.05 Å².